The van der Waals surface area contributed by atoms with E-state index in [1.807, 2.05) is 0 Å². The molecule has 0 radical (unpaired) electrons. The second-order valence-electron chi connectivity index (χ2n) is 4.94. The van der Waals surface area contributed by atoms with Crippen molar-refractivity contribution in [2.75, 3.05) is 19.4 Å². The second-order valence-corrected chi connectivity index (χ2v) is 5.37. The van der Waals surface area contributed by atoms with Crippen LogP contribution in [0.3, 0.4) is 0 Å². The first kappa shape index (κ1) is 16.5. The average molecular weight is 331 g/mol. The fourth-order valence-corrected chi connectivity index (χ4v) is 2.05. The molecule has 8 heteroatoms. The predicted molar refractivity (Wildman–Crippen MR) is 79.2 cm³/mol. The third-order valence-corrected chi connectivity index (χ3v) is 2.94. The van der Waals surface area contributed by atoms with Crippen molar-refractivity contribution < 1.29 is 13.2 Å². The first-order valence-electron chi connectivity index (χ1n) is 6.36. The maximum Gasteiger partial charge on any atom is 0.433 e. The standard InChI is InChI=1S/C14H14ClF3N4/c1-22(2)8-9-7-19-13(21-12(9)14(16,17)18)20-11-5-3-4-10(15)6-11/h3-7H,8H2,1-2H3,(H,19,20,21). The van der Waals surface area contributed by atoms with Crippen LogP contribution in [0.25, 0.3) is 0 Å². The van der Waals surface area contributed by atoms with E-state index in [0.717, 1.165) is 0 Å². The van der Waals surface area contributed by atoms with E-state index in [9.17, 15) is 13.2 Å². The van der Waals surface area contributed by atoms with Gasteiger partial charge in [0.15, 0.2) is 5.69 Å². The predicted octanol–water partition coefficient (Wildman–Crippen LogP) is 3.95. The molecule has 1 heterocycles. The molecule has 0 fully saturated rings. The Morgan fingerprint density at radius 1 is 1.27 bits per heavy atom. The van der Waals surface area contributed by atoms with Crippen molar-refractivity contribution >= 4 is 23.2 Å². The lowest BCUT2D eigenvalue weighted by molar-refractivity contribution is -0.142. The number of hydrogen-bond donors (Lipinski definition) is 1. The first-order valence-corrected chi connectivity index (χ1v) is 6.74. The van der Waals surface area contributed by atoms with Crippen LogP contribution in [0.15, 0.2) is 30.5 Å². The fraction of sp³-hybridized carbons (Fsp3) is 0.286. The van der Waals surface area contributed by atoms with Gasteiger partial charge < -0.3 is 10.2 Å². The van der Waals surface area contributed by atoms with Crippen LogP contribution in [0.5, 0.6) is 0 Å². The summed E-state index contributed by atoms with van der Waals surface area (Å²) in [6.45, 7) is 0.103. The molecule has 22 heavy (non-hydrogen) atoms. The Morgan fingerprint density at radius 2 is 2.00 bits per heavy atom. The van der Waals surface area contributed by atoms with Crippen LogP contribution < -0.4 is 5.32 Å². The number of rotatable bonds is 4. The molecule has 0 amide bonds. The lowest BCUT2D eigenvalue weighted by atomic mass is 10.2. The first-order chi connectivity index (χ1) is 10.3. The number of benzene rings is 1. The van der Waals surface area contributed by atoms with Crippen LogP contribution >= 0.6 is 11.6 Å². The molecule has 0 aliphatic rings. The summed E-state index contributed by atoms with van der Waals surface area (Å²) in [5, 5.41) is 3.18. The number of alkyl halides is 3. The van der Waals surface area contributed by atoms with Gasteiger partial charge in [-0.15, -0.1) is 0 Å². The van der Waals surface area contributed by atoms with Crippen LogP contribution in [-0.2, 0) is 12.7 Å². The van der Waals surface area contributed by atoms with Gasteiger partial charge in [-0.3, -0.25) is 0 Å². The van der Waals surface area contributed by atoms with Crippen molar-refractivity contribution in [2.45, 2.75) is 12.7 Å². The summed E-state index contributed by atoms with van der Waals surface area (Å²) in [7, 11) is 3.36. The van der Waals surface area contributed by atoms with Gasteiger partial charge in [0.1, 0.15) is 0 Å². The zero-order chi connectivity index (χ0) is 16.3. The van der Waals surface area contributed by atoms with Crippen LogP contribution in [0.1, 0.15) is 11.3 Å². The van der Waals surface area contributed by atoms with E-state index in [-0.39, 0.29) is 18.1 Å². The minimum atomic E-state index is -4.54. The minimum Gasteiger partial charge on any atom is -0.324 e. The van der Waals surface area contributed by atoms with Gasteiger partial charge in [-0.25, -0.2) is 9.97 Å². The number of nitrogens with zero attached hydrogens (tertiary/aromatic N) is 3. The number of anilines is 2. The van der Waals surface area contributed by atoms with Gasteiger partial charge in [-0.1, -0.05) is 17.7 Å². The quantitative estimate of drug-likeness (QED) is 0.921. The van der Waals surface area contributed by atoms with Gasteiger partial charge in [0, 0.05) is 29.0 Å². The summed E-state index contributed by atoms with van der Waals surface area (Å²) in [6.07, 6.45) is -3.36. The highest BCUT2D eigenvalue weighted by Crippen LogP contribution is 2.31. The smallest absolute Gasteiger partial charge is 0.324 e. The van der Waals surface area contributed by atoms with Crippen molar-refractivity contribution in [3.63, 3.8) is 0 Å². The molecule has 0 spiro atoms. The summed E-state index contributed by atoms with van der Waals surface area (Å²) in [5.41, 5.74) is -0.407. The SMILES string of the molecule is CN(C)Cc1cnc(Nc2cccc(Cl)c2)nc1C(F)(F)F. The highest BCUT2D eigenvalue weighted by atomic mass is 35.5. The van der Waals surface area contributed by atoms with E-state index in [4.69, 9.17) is 11.6 Å². The molecule has 1 N–H and O–H groups in total. The van der Waals surface area contributed by atoms with Gasteiger partial charge in [-0.2, -0.15) is 13.2 Å². The van der Waals surface area contributed by atoms with Gasteiger partial charge in [-0.05, 0) is 32.3 Å². The van der Waals surface area contributed by atoms with Crippen molar-refractivity contribution in [3.05, 3.63) is 46.7 Å². The highest BCUT2D eigenvalue weighted by molar-refractivity contribution is 6.30. The molecular formula is C14H14ClF3N4. The molecule has 0 aliphatic carbocycles. The Kier molecular flexibility index (Phi) is 4.87. The maximum atomic E-state index is 13.1. The van der Waals surface area contributed by atoms with Crippen molar-refractivity contribution in [1.29, 1.82) is 0 Å². The third-order valence-electron chi connectivity index (χ3n) is 2.70. The molecule has 118 valence electrons. The van der Waals surface area contributed by atoms with Crippen molar-refractivity contribution in [2.24, 2.45) is 0 Å². The largest absolute Gasteiger partial charge is 0.433 e. The molecule has 0 aliphatic heterocycles. The highest BCUT2D eigenvalue weighted by Gasteiger charge is 2.36. The van der Waals surface area contributed by atoms with Gasteiger partial charge in [0.05, 0.1) is 0 Å². The lowest BCUT2D eigenvalue weighted by Crippen LogP contribution is -2.19. The molecule has 4 nitrogen and oxygen atoms in total. The second kappa shape index (κ2) is 6.50. The number of nitrogens with one attached hydrogen (secondary N) is 1. The van der Waals surface area contributed by atoms with E-state index in [2.05, 4.69) is 15.3 Å². The van der Waals surface area contributed by atoms with E-state index in [1.165, 1.54) is 6.20 Å². The summed E-state index contributed by atoms with van der Waals surface area (Å²) < 4.78 is 39.4. The van der Waals surface area contributed by atoms with E-state index >= 15 is 0 Å². The third kappa shape index (κ3) is 4.32. The molecule has 0 saturated carbocycles. The fourth-order valence-electron chi connectivity index (χ4n) is 1.86. The Labute approximate surface area is 130 Å². The van der Waals surface area contributed by atoms with Gasteiger partial charge in [0.25, 0.3) is 0 Å². The van der Waals surface area contributed by atoms with Crippen molar-refractivity contribution in [1.82, 2.24) is 14.9 Å². The maximum absolute atomic E-state index is 13.1. The molecule has 0 atom stereocenters. The van der Waals surface area contributed by atoms with Gasteiger partial charge >= 0.3 is 6.18 Å². The number of halogens is 4. The molecule has 0 saturated heterocycles. The van der Waals surface area contributed by atoms with Crippen LogP contribution in [0, 0.1) is 0 Å². The zero-order valence-corrected chi connectivity index (χ0v) is 12.7. The molecule has 2 rings (SSSR count). The summed E-state index contributed by atoms with van der Waals surface area (Å²) in [4.78, 5) is 9.17. The van der Waals surface area contributed by atoms with E-state index < -0.39 is 11.9 Å². The molecule has 1 aromatic carbocycles. The Morgan fingerprint density at radius 3 is 2.59 bits per heavy atom. The summed E-state index contributed by atoms with van der Waals surface area (Å²) in [6, 6.07) is 6.58. The molecular weight excluding hydrogens is 317 g/mol. The monoisotopic (exact) mass is 330 g/mol. The van der Waals surface area contributed by atoms with Crippen molar-refractivity contribution in [3.8, 4) is 0 Å². The summed E-state index contributed by atoms with van der Waals surface area (Å²) in [5.74, 6) is -0.128. The number of hydrogen-bond acceptors (Lipinski definition) is 4. The molecule has 0 unspecified atom stereocenters. The van der Waals surface area contributed by atoms with Crippen LogP contribution in [0.4, 0.5) is 24.8 Å². The van der Waals surface area contributed by atoms with Crippen LogP contribution in [-0.4, -0.2) is 29.0 Å². The molecule has 0 bridgehead atoms. The topological polar surface area (TPSA) is 41.1 Å². The Hall–Kier alpha value is -1.86. The van der Waals surface area contributed by atoms with Crippen LogP contribution in [0.2, 0.25) is 5.02 Å². The Bertz CT molecular complexity index is 659. The van der Waals surface area contributed by atoms with E-state index in [0.29, 0.717) is 10.7 Å². The molecule has 2 aromatic rings. The normalized spacial score (nSPS) is 11.8. The summed E-state index contributed by atoms with van der Waals surface area (Å²) >= 11 is 5.83. The average Bonchev–Trinajstić information content (AvgIpc) is 2.39. The molecule has 1 aromatic heterocycles. The zero-order valence-electron chi connectivity index (χ0n) is 11.9. The Balaban J connectivity index is 2.34. The van der Waals surface area contributed by atoms with E-state index in [1.54, 1.807) is 43.3 Å². The number of aromatic nitrogens is 2. The minimum absolute atomic E-state index is 0.0224. The lowest BCUT2D eigenvalue weighted by Gasteiger charge is -2.16. The van der Waals surface area contributed by atoms with Gasteiger partial charge in [0.2, 0.25) is 5.95 Å².